The number of hydrogen-bond donors (Lipinski definition) is 2. The van der Waals surface area contributed by atoms with E-state index in [-0.39, 0.29) is 21.4 Å². The number of H-pyrrole nitrogens is 1. The number of nitro benzene ring substituents is 1. The summed E-state index contributed by atoms with van der Waals surface area (Å²) in [5.74, 6) is -0.299. The molecule has 11 heteroatoms. The van der Waals surface area contributed by atoms with Crippen molar-refractivity contribution in [3.05, 3.63) is 43.7 Å². The van der Waals surface area contributed by atoms with Gasteiger partial charge in [-0.3, -0.25) is 14.9 Å². The van der Waals surface area contributed by atoms with E-state index >= 15 is 0 Å². The molecule has 9 nitrogen and oxygen atoms in total. The summed E-state index contributed by atoms with van der Waals surface area (Å²) < 4.78 is 0. The second-order valence-electron chi connectivity index (χ2n) is 4.01. The minimum absolute atomic E-state index is 0.00597. The molecule has 2 rings (SSSR count). The van der Waals surface area contributed by atoms with Gasteiger partial charge in [0, 0.05) is 11.6 Å². The molecule has 2 aromatic rings. The number of carbonyl (C=O) groups is 1. The van der Waals surface area contributed by atoms with Crippen LogP contribution in [0.2, 0.25) is 10.0 Å². The van der Waals surface area contributed by atoms with Crippen molar-refractivity contribution in [1.82, 2.24) is 25.9 Å². The van der Waals surface area contributed by atoms with Crippen LogP contribution in [0, 0.1) is 10.1 Å². The number of hydrogen-bond acceptors (Lipinski definition) is 6. The van der Waals surface area contributed by atoms with E-state index in [0.717, 1.165) is 6.07 Å². The first kappa shape index (κ1) is 15.1. The van der Waals surface area contributed by atoms with Crippen LogP contribution in [0.3, 0.4) is 0 Å². The second kappa shape index (κ2) is 6.02. The van der Waals surface area contributed by atoms with Gasteiger partial charge in [-0.15, -0.1) is 10.2 Å². The van der Waals surface area contributed by atoms with Crippen molar-refractivity contribution >= 4 is 34.8 Å². The summed E-state index contributed by atoms with van der Waals surface area (Å²) in [4.78, 5) is 22.2. The Labute approximate surface area is 127 Å². The number of tetrazole rings is 1. The first-order valence-electron chi connectivity index (χ1n) is 5.57. The Hall–Kier alpha value is -2.26. The van der Waals surface area contributed by atoms with Crippen molar-refractivity contribution in [3.8, 4) is 0 Å². The number of carbonyl (C=O) groups excluding carboxylic acids is 1. The molecule has 0 bridgehead atoms. The van der Waals surface area contributed by atoms with E-state index in [1.54, 1.807) is 6.92 Å². The van der Waals surface area contributed by atoms with Crippen LogP contribution in [-0.4, -0.2) is 31.5 Å². The molecule has 1 aromatic carbocycles. The van der Waals surface area contributed by atoms with E-state index in [2.05, 4.69) is 25.9 Å². The molecule has 21 heavy (non-hydrogen) atoms. The number of amides is 1. The maximum atomic E-state index is 12.1. The highest BCUT2D eigenvalue weighted by molar-refractivity contribution is 6.43. The summed E-state index contributed by atoms with van der Waals surface area (Å²) in [6, 6.07) is 1.76. The lowest BCUT2D eigenvalue weighted by Gasteiger charge is -2.10. The highest BCUT2D eigenvalue weighted by atomic mass is 35.5. The highest BCUT2D eigenvalue weighted by Gasteiger charge is 2.21. The smallest absolute Gasteiger partial charge is 0.290 e. The van der Waals surface area contributed by atoms with Crippen LogP contribution in [0.15, 0.2) is 12.1 Å². The summed E-state index contributed by atoms with van der Waals surface area (Å²) >= 11 is 11.5. The van der Waals surface area contributed by atoms with Gasteiger partial charge >= 0.3 is 0 Å². The average molecular weight is 331 g/mol. The summed E-state index contributed by atoms with van der Waals surface area (Å²) in [6.07, 6.45) is 0. The highest BCUT2D eigenvalue weighted by Crippen LogP contribution is 2.33. The molecule has 1 heterocycles. The number of aromatic nitrogens is 4. The van der Waals surface area contributed by atoms with Gasteiger partial charge in [-0.2, -0.15) is 5.21 Å². The van der Waals surface area contributed by atoms with Gasteiger partial charge in [0.2, 0.25) is 0 Å². The van der Waals surface area contributed by atoms with Crippen molar-refractivity contribution in [2.75, 3.05) is 0 Å². The van der Waals surface area contributed by atoms with Crippen LogP contribution >= 0.6 is 23.2 Å². The number of nitrogens with zero attached hydrogens (tertiary/aromatic N) is 4. The molecule has 0 aliphatic rings. The lowest BCUT2D eigenvalue weighted by Crippen LogP contribution is -2.27. The Balaban J connectivity index is 2.25. The largest absolute Gasteiger partial charge is 0.342 e. The Kier molecular flexibility index (Phi) is 4.34. The average Bonchev–Trinajstić information content (AvgIpc) is 2.95. The fourth-order valence-electron chi connectivity index (χ4n) is 1.54. The summed E-state index contributed by atoms with van der Waals surface area (Å²) in [6.45, 7) is 1.63. The molecule has 0 spiro atoms. The van der Waals surface area contributed by atoms with Crippen LogP contribution in [0.25, 0.3) is 0 Å². The zero-order valence-corrected chi connectivity index (χ0v) is 12.0. The summed E-state index contributed by atoms with van der Waals surface area (Å²) in [5, 5.41) is 26.2. The fraction of sp³-hybridized carbons (Fsp3) is 0.200. The minimum Gasteiger partial charge on any atom is -0.342 e. The molecule has 0 saturated heterocycles. The van der Waals surface area contributed by atoms with Crippen LogP contribution in [0.1, 0.15) is 29.1 Å². The van der Waals surface area contributed by atoms with Crippen molar-refractivity contribution in [3.63, 3.8) is 0 Å². The SMILES string of the molecule is CC(NC(=O)c1cc(Cl)c(Cl)c([N+](=O)[O-])c1)c1nn[nH]n1. The minimum atomic E-state index is -0.715. The fourth-order valence-corrected chi connectivity index (χ4v) is 1.93. The maximum absolute atomic E-state index is 12.1. The predicted octanol–water partition coefficient (Wildman–Crippen LogP) is 1.91. The molecule has 1 amide bonds. The predicted molar refractivity (Wildman–Crippen MR) is 73.2 cm³/mol. The molecular weight excluding hydrogens is 323 g/mol. The number of aromatic amines is 1. The van der Waals surface area contributed by atoms with Crippen molar-refractivity contribution in [2.24, 2.45) is 0 Å². The first-order valence-corrected chi connectivity index (χ1v) is 6.33. The Morgan fingerprint density at radius 3 is 2.76 bits per heavy atom. The van der Waals surface area contributed by atoms with E-state index < -0.39 is 22.6 Å². The third-order valence-corrected chi connectivity index (χ3v) is 3.36. The van der Waals surface area contributed by atoms with E-state index in [4.69, 9.17) is 23.2 Å². The molecule has 2 N–H and O–H groups in total. The number of nitrogens with one attached hydrogen (secondary N) is 2. The molecule has 1 atom stereocenters. The Morgan fingerprint density at radius 2 is 2.19 bits per heavy atom. The lowest BCUT2D eigenvalue weighted by atomic mass is 10.1. The van der Waals surface area contributed by atoms with Gasteiger partial charge in [0.05, 0.1) is 16.0 Å². The third-order valence-electron chi connectivity index (χ3n) is 2.56. The molecule has 0 aliphatic heterocycles. The number of nitro groups is 1. The lowest BCUT2D eigenvalue weighted by molar-refractivity contribution is -0.384. The van der Waals surface area contributed by atoms with Crippen LogP contribution in [0.4, 0.5) is 5.69 Å². The first-order chi connectivity index (χ1) is 9.90. The van der Waals surface area contributed by atoms with Crippen LogP contribution in [-0.2, 0) is 0 Å². The van der Waals surface area contributed by atoms with Crippen LogP contribution < -0.4 is 5.32 Å². The van der Waals surface area contributed by atoms with E-state index in [9.17, 15) is 14.9 Å². The second-order valence-corrected chi connectivity index (χ2v) is 4.80. The normalized spacial score (nSPS) is 12.0. The molecule has 1 unspecified atom stereocenters. The zero-order chi connectivity index (χ0) is 15.6. The van der Waals surface area contributed by atoms with Crippen LogP contribution in [0.5, 0.6) is 0 Å². The van der Waals surface area contributed by atoms with Gasteiger partial charge < -0.3 is 5.32 Å². The van der Waals surface area contributed by atoms with Crippen molar-refractivity contribution in [1.29, 1.82) is 0 Å². The quantitative estimate of drug-likeness (QED) is 0.651. The standard InChI is InChI=1S/C10H8Cl2N6O3/c1-4(9-14-16-17-15-9)13-10(19)5-2-6(11)8(12)7(3-5)18(20)21/h2-4H,1H3,(H,13,19)(H,14,15,16,17). The molecule has 0 saturated carbocycles. The zero-order valence-electron chi connectivity index (χ0n) is 10.5. The molecule has 1 aromatic heterocycles. The number of rotatable bonds is 4. The van der Waals surface area contributed by atoms with Gasteiger partial charge in [-0.1, -0.05) is 28.4 Å². The van der Waals surface area contributed by atoms with Gasteiger partial charge in [-0.05, 0) is 13.0 Å². The van der Waals surface area contributed by atoms with Gasteiger partial charge in [0.15, 0.2) is 5.82 Å². The molecule has 0 fully saturated rings. The topological polar surface area (TPSA) is 127 Å². The summed E-state index contributed by atoms with van der Waals surface area (Å²) in [7, 11) is 0. The van der Waals surface area contributed by atoms with Gasteiger partial charge in [0.1, 0.15) is 5.02 Å². The monoisotopic (exact) mass is 330 g/mol. The third kappa shape index (κ3) is 3.26. The van der Waals surface area contributed by atoms with E-state index in [0.29, 0.717) is 0 Å². The molecule has 0 radical (unpaired) electrons. The molecule has 0 aliphatic carbocycles. The maximum Gasteiger partial charge on any atom is 0.290 e. The van der Waals surface area contributed by atoms with Gasteiger partial charge in [0.25, 0.3) is 11.6 Å². The Morgan fingerprint density at radius 1 is 1.48 bits per heavy atom. The van der Waals surface area contributed by atoms with E-state index in [1.165, 1.54) is 6.07 Å². The molecule has 110 valence electrons. The van der Waals surface area contributed by atoms with Gasteiger partial charge in [-0.25, -0.2) is 0 Å². The molecular formula is C10H8Cl2N6O3. The number of benzene rings is 1. The summed E-state index contributed by atoms with van der Waals surface area (Å²) in [5.41, 5.74) is -0.437. The van der Waals surface area contributed by atoms with E-state index in [1.807, 2.05) is 0 Å². The number of halogens is 2. The van der Waals surface area contributed by atoms with Crippen molar-refractivity contribution < 1.29 is 9.72 Å². The van der Waals surface area contributed by atoms with Crippen molar-refractivity contribution in [2.45, 2.75) is 13.0 Å². The Bertz CT molecular complexity index is 690.